The average molecular weight is 328 g/mol. The lowest BCUT2D eigenvalue weighted by molar-refractivity contribution is -0.325. The highest BCUT2D eigenvalue weighted by Crippen LogP contribution is 2.23. The van der Waals surface area contributed by atoms with E-state index in [9.17, 15) is 13.2 Å². The van der Waals surface area contributed by atoms with Gasteiger partial charge in [-0.1, -0.05) is 11.6 Å². The largest absolute Gasteiger partial charge is 0.522 e. The number of methoxy groups -OCH3 is 1. The van der Waals surface area contributed by atoms with E-state index in [-0.39, 0.29) is 6.61 Å². The van der Waals surface area contributed by atoms with Gasteiger partial charge in [-0.2, -0.15) is 0 Å². The molecule has 21 heavy (non-hydrogen) atoms. The number of ether oxygens (including phenoxy) is 3. The van der Waals surface area contributed by atoms with E-state index in [0.717, 1.165) is 5.56 Å². The number of nitrogens with one attached hydrogen (secondary N) is 1. The number of benzene rings is 1. The lowest BCUT2D eigenvalue weighted by atomic mass is 10.2. The molecule has 0 saturated heterocycles. The van der Waals surface area contributed by atoms with Crippen LogP contribution in [0.1, 0.15) is 5.56 Å². The van der Waals surface area contributed by atoms with E-state index in [2.05, 4.69) is 10.1 Å². The molecule has 0 saturated carbocycles. The summed E-state index contributed by atoms with van der Waals surface area (Å²) in [5.41, 5.74) is 0.755. The van der Waals surface area contributed by atoms with E-state index in [1.807, 2.05) is 0 Å². The van der Waals surface area contributed by atoms with E-state index < -0.39 is 13.0 Å². The molecule has 1 rings (SSSR count). The van der Waals surface area contributed by atoms with Gasteiger partial charge in [-0.3, -0.25) is 4.74 Å². The van der Waals surface area contributed by atoms with Crippen LogP contribution in [0.5, 0.6) is 5.75 Å². The molecule has 0 aromatic heterocycles. The second kappa shape index (κ2) is 9.09. The van der Waals surface area contributed by atoms with Crippen molar-refractivity contribution in [3.05, 3.63) is 28.8 Å². The Bertz CT molecular complexity index is 430. The fourth-order valence-electron chi connectivity index (χ4n) is 1.53. The molecule has 0 amide bonds. The molecule has 1 N–H and O–H groups in total. The van der Waals surface area contributed by atoms with Crippen molar-refractivity contribution in [2.75, 3.05) is 33.5 Å². The first kappa shape index (κ1) is 18.0. The van der Waals surface area contributed by atoms with Crippen LogP contribution in [0.15, 0.2) is 18.2 Å². The summed E-state index contributed by atoms with van der Waals surface area (Å²) in [6.45, 7) is 0.893. The van der Waals surface area contributed by atoms with E-state index in [1.54, 1.807) is 25.3 Å². The molecular weight excluding hydrogens is 311 g/mol. The first-order valence-electron chi connectivity index (χ1n) is 6.24. The highest BCUT2D eigenvalue weighted by molar-refractivity contribution is 6.30. The van der Waals surface area contributed by atoms with Gasteiger partial charge in [0.25, 0.3) is 0 Å². The van der Waals surface area contributed by atoms with Crippen LogP contribution in [-0.4, -0.2) is 39.8 Å². The normalized spacial score (nSPS) is 11.7. The van der Waals surface area contributed by atoms with E-state index >= 15 is 0 Å². The fourth-order valence-corrected chi connectivity index (χ4v) is 1.73. The Morgan fingerprint density at radius 1 is 1.19 bits per heavy atom. The van der Waals surface area contributed by atoms with Gasteiger partial charge >= 0.3 is 6.36 Å². The van der Waals surface area contributed by atoms with Gasteiger partial charge in [0.2, 0.25) is 0 Å². The monoisotopic (exact) mass is 327 g/mol. The smallest absolute Gasteiger partial charge is 0.491 e. The van der Waals surface area contributed by atoms with E-state index in [0.29, 0.717) is 30.5 Å². The molecule has 0 atom stereocenters. The first-order valence-corrected chi connectivity index (χ1v) is 6.62. The van der Waals surface area contributed by atoms with Gasteiger partial charge in [-0.15, -0.1) is 13.2 Å². The van der Waals surface area contributed by atoms with Gasteiger partial charge in [0.1, 0.15) is 12.4 Å². The maximum absolute atomic E-state index is 11.8. The molecule has 0 unspecified atom stereocenters. The fraction of sp³-hybridized carbons (Fsp3) is 0.538. The van der Waals surface area contributed by atoms with Crippen molar-refractivity contribution < 1.29 is 27.4 Å². The minimum absolute atomic E-state index is 0.202. The molecular formula is C13H17ClF3NO3. The highest BCUT2D eigenvalue weighted by Gasteiger charge is 2.28. The van der Waals surface area contributed by atoms with Crippen LogP contribution in [0, 0.1) is 0 Å². The van der Waals surface area contributed by atoms with Crippen LogP contribution in [-0.2, 0) is 16.0 Å². The van der Waals surface area contributed by atoms with Crippen molar-refractivity contribution in [2.24, 2.45) is 0 Å². The molecule has 0 bridgehead atoms. The van der Waals surface area contributed by atoms with Crippen LogP contribution < -0.4 is 10.1 Å². The summed E-state index contributed by atoms with van der Waals surface area (Å²) in [7, 11) is 1.59. The minimum atomic E-state index is -4.64. The summed E-state index contributed by atoms with van der Waals surface area (Å²) in [6.07, 6.45) is -4.64. The lowest BCUT2D eigenvalue weighted by Gasteiger charge is -2.13. The summed E-state index contributed by atoms with van der Waals surface area (Å²) >= 11 is 5.90. The molecule has 0 spiro atoms. The summed E-state index contributed by atoms with van der Waals surface area (Å²) in [6, 6.07) is 4.92. The van der Waals surface area contributed by atoms with Gasteiger partial charge < -0.3 is 14.8 Å². The topological polar surface area (TPSA) is 39.7 Å². The number of halogens is 4. The van der Waals surface area contributed by atoms with Gasteiger partial charge in [-0.25, -0.2) is 0 Å². The third-order valence-electron chi connectivity index (χ3n) is 2.43. The Morgan fingerprint density at radius 3 is 2.62 bits per heavy atom. The molecule has 0 aliphatic heterocycles. The van der Waals surface area contributed by atoms with Crippen molar-refractivity contribution in [2.45, 2.75) is 12.9 Å². The maximum Gasteiger partial charge on any atom is 0.522 e. The molecule has 8 heteroatoms. The number of alkyl halides is 3. The zero-order valence-electron chi connectivity index (χ0n) is 11.5. The summed E-state index contributed by atoms with van der Waals surface area (Å²) < 4.78 is 49.3. The molecule has 0 radical (unpaired) electrons. The molecule has 1 aromatic carbocycles. The Labute approximate surface area is 126 Å². The van der Waals surface area contributed by atoms with Gasteiger partial charge in [0.15, 0.2) is 0 Å². The van der Waals surface area contributed by atoms with Gasteiger partial charge in [0.05, 0.1) is 13.2 Å². The second-order valence-electron chi connectivity index (χ2n) is 4.06. The summed E-state index contributed by atoms with van der Waals surface area (Å²) in [5, 5.41) is 3.64. The Balaban J connectivity index is 2.48. The van der Waals surface area contributed by atoms with Crippen molar-refractivity contribution in [1.29, 1.82) is 0 Å². The number of hydrogen-bond donors (Lipinski definition) is 1. The van der Waals surface area contributed by atoms with E-state index in [4.69, 9.17) is 21.1 Å². The zero-order chi connectivity index (χ0) is 15.7. The number of hydrogen-bond acceptors (Lipinski definition) is 4. The highest BCUT2D eigenvalue weighted by atomic mass is 35.5. The van der Waals surface area contributed by atoms with Crippen LogP contribution in [0.3, 0.4) is 0 Å². The third-order valence-corrected chi connectivity index (χ3v) is 2.66. The molecule has 0 heterocycles. The predicted octanol–water partition coefficient (Wildman–Crippen LogP) is 2.99. The molecule has 120 valence electrons. The van der Waals surface area contributed by atoms with Crippen molar-refractivity contribution in [1.82, 2.24) is 5.32 Å². The Hall–Kier alpha value is -1.02. The van der Waals surface area contributed by atoms with Gasteiger partial charge in [-0.05, 0) is 18.2 Å². The number of rotatable bonds is 9. The second-order valence-corrected chi connectivity index (χ2v) is 4.50. The molecule has 0 aliphatic carbocycles. The molecule has 4 nitrogen and oxygen atoms in total. The molecule has 0 aliphatic rings. The zero-order valence-corrected chi connectivity index (χ0v) is 12.3. The Kier molecular flexibility index (Phi) is 7.81. The first-order chi connectivity index (χ1) is 9.92. The lowest BCUT2D eigenvalue weighted by Crippen LogP contribution is -2.20. The van der Waals surface area contributed by atoms with Crippen molar-refractivity contribution >= 4 is 11.6 Å². The molecule has 1 aromatic rings. The predicted molar refractivity (Wildman–Crippen MR) is 72.5 cm³/mol. The standard InChI is InChI=1S/C13H17ClF3NO3/c1-19-5-4-18-9-10-8-11(14)2-3-12(10)20-6-7-21-13(15,16)17/h2-3,8,18H,4-7,9H2,1H3. The minimum Gasteiger partial charge on any atom is -0.491 e. The van der Waals surface area contributed by atoms with Crippen molar-refractivity contribution in [3.8, 4) is 5.75 Å². The molecule has 0 fully saturated rings. The van der Waals surface area contributed by atoms with E-state index in [1.165, 1.54) is 0 Å². The van der Waals surface area contributed by atoms with Crippen LogP contribution in [0.25, 0.3) is 0 Å². The van der Waals surface area contributed by atoms with Gasteiger partial charge in [0, 0.05) is 30.8 Å². The SMILES string of the molecule is COCCNCc1cc(Cl)ccc1OCCOC(F)(F)F. The maximum atomic E-state index is 11.8. The van der Waals surface area contributed by atoms with Crippen LogP contribution >= 0.6 is 11.6 Å². The van der Waals surface area contributed by atoms with Crippen LogP contribution in [0.4, 0.5) is 13.2 Å². The van der Waals surface area contributed by atoms with Crippen LogP contribution in [0.2, 0.25) is 5.02 Å². The average Bonchev–Trinajstić information content (AvgIpc) is 2.40. The third kappa shape index (κ3) is 8.11. The quantitative estimate of drug-likeness (QED) is 0.708. The summed E-state index contributed by atoms with van der Waals surface area (Å²) in [4.78, 5) is 0. The van der Waals surface area contributed by atoms with Crippen molar-refractivity contribution in [3.63, 3.8) is 0 Å². The Morgan fingerprint density at radius 2 is 1.95 bits per heavy atom. The summed E-state index contributed by atoms with van der Waals surface area (Å²) in [5.74, 6) is 0.468.